The van der Waals surface area contributed by atoms with Crippen molar-refractivity contribution in [3.05, 3.63) is 99.9 Å². The number of non-ortho nitro benzene ring substituents is 1. The molecule has 0 bridgehead atoms. The molecular weight excluding hydrogens is 378 g/mol. The molecule has 0 radical (unpaired) electrons. The van der Waals surface area contributed by atoms with E-state index in [4.69, 9.17) is 0 Å². The molecule has 0 spiro atoms. The highest BCUT2D eigenvalue weighted by atomic mass is 32.2. The minimum absolute atomic E-state index is 0.0832. The molecule has 7 nitrogen and oxygen atoms in total. The van der Waals surface area contributed by atoms with Crippen molar-refractivity contribution in [2.24, 2.45) is 0 Å². The molecule has 2 heterocycles. The van der Waals surface area contributed by atoms with Gasteiger partial charge in [-0.15, -0.1) is 0 Å². The predicted molar refractivity (Wildman–Crippen MR) is 103 cm³/mol. The molecule has 0 aliphatic carbocycles. The minimum Gasteiger partial charge on any atom is -0.265 e. The number of benzene rings is 2. The van der Waals surface area contributed by atoms with Gasteiger partial charge in [0.25, 0.3) is 5.69 Å². The van der Waals surface area contributed by atoms with Crippen LogP contribution in [0, 0.1) is 10.1 Å². The quantitative estimate of drug-likeness (QED) is 0.499. The van der Waals surface area contributed by atoms with E-state index in [1.165, 1.54) is 22.5 Å². The van der Waals surface area contributed by atoms with Crippen LogP contribution in [0.3, 0.4) is 0 Å². The van der Waals surface area contributed by atoms with E-state index in [1.807, 2.05) is 24.3 Å². The van der Waals surface area contributed by atoms with E-state index >= 15 is 0 Å². The summed E-state index contributed by atoms with van der Waals surface area (Å²) in [7, 11) is -3.95. The lowest BCUT2D eigenvalue weighted by Gasteiger charge is -2.36. The fourth-order valence-corrected chi connectivity index (χ4v) is 5.22. The highest BCUT2D eigenvalue weighted by Crippen LogP contribution is 2.38. The Hall–Kier alpha value is -3.10. The van der Waals surface area contributed by atoms with Gasteiger partial charge in [-0.05, 0) is 41.3 Å². The summed E-state index contributed by atoms with van der Waals surface area (Å²) in [6, 6.07) is 16.0. The number of nitrogens with zero attached hydrogens (tertiary/aromatic N) is 3. The van der Waals surface area contributed by atoms with E-state index in [2.05, 4.69) is 4.98 Å². The average Bonchev–Trinajstić information content (AvgIpc) is 2.73. The molecule has 2 aromatic carbocycles. The van der Waals surface area contributed by atoms with Crippen LogP contribution in [-0.4, -0.2) is 29.2 Å². The molecule has 1 atom stereocenters. The van der Waals surface area contributed by atoms with Crippen molar-refractivity contribution in [3.8, 4) is 0 Å². The lowest BCUT2D eigenvalue weighted by molar-refractivity contribution is -0.385. The van der Waals surface area contributed by atoms with Gasteiger partial charge in [0, 0.05) is 31.1 Å². The summed E-state index contributed by atoms with van der Waals surface area (Å²) in [5.74, 6) is 0. The van der Waals surface area contributed by atoms with Gasteiger partial charge in [0.1, 0.15) is 0 Å². The minimum atomic E-state index is -3.95. The Kier molecular flexibility index (Phi) is 4.66. The van der Waals surface area contributed by atoms with Gasteiger partial charge in [-0.25, -0.2) is 8.42 Å². The van der Waals surface area contributed by atoms with Crippen LogP contribution in [0.1, 0.15) is 22.7 Å². The zero-order valence-electron chi connectivity index (χ0n) is 14.8. The molecule has 0 amide bonds. The summed E-state index contributed by atoms with van der Waals surface area (Å²) in [6.45, 7) is 0.287. The second-order valence-corrected chi connectivity index (χ2v) is 8.39. The normalized spacial score (nSPS) is 17.1. The lowest BCUT2D eigenvalue weighted by Crippen LogP contribution is -2.40. The number of pyridine rings is 1. The number of fused-ring (bicyclic) bond motifs is 1. The Labute approximate surface area is 162 Å². The fourth-order valence-electron chi connectivity index (χ4n) is 3.59. The van der Waals surface area contributed by atoms with Crippen LogP contribution in [0.5, 0.6) is 0 Å². The summed E-state index contributed by atoms with van der Waals surface area (Å²) in [6.07, 6.45) is 3.83. The largest absolute Gasteiger partial charge is 0.270 e. The molecule has 1 aliphatic heterocycles. The maximum absolute atomic E-state index is 13.4. The van der Waals surface area contributed by atoms with Crippen LogP contribution in [0.4, 0.5) is 5.69 Å². The monoisotopic (exact) mass is 395 g/mol. The molecule has 0 N–H and O–H groups in total. The van der Waals surface area contributed by atoms with Gasteiger partial charge < -0.3 is 0 Å². The van der Waals surface area contributed by atoms with Crippen molar-refractivity contribution >= 4 is 15.7 Å². The molecule has 1 aliphatic rings. The standard InChI is InChI=1S/C20H17N3O4S/c24-23(25)17-5-3-6-18(14-17)28(26,27)22-13-10-15-4-1-2-7-19(15)20(22)16-8-11-21-12-9-16/h1-9,11-12,14,20H,10,13H2. The number of aromatic nitrogens is 1. The second-order valence-electron chi connectivity index (χ2n) is 6.50. The van der Waals surface area contributed by atoms with Gasteiger partial charge in [0.15, 0.2) is 0 Å². The summed E-state index contributed by atoms with van der Waals surface area (Å²) < 4.78 is 28.3. The lowest BCUT2D eigenvalue weighted by atomic mass is 9.90. The van der Waals surface area contributed by atoms with Crippen LogP contribution >= 0.6 is 0 Å². The van der Waals surface area contributed by atoms with Gasteiger partial charge in [0.05, 0.1) is 15.9 Å². The molecule has 142 valence electrons. The number of sulfonamides is 1. The number of hydrogen-bond acceptors (Lipinski definition) is 5. The molecule has 3 aromatic rings. The first-order valence-electron chi connectivity index (χ1n) is 8.72. The van der Waals surface area contributed by atoms with E-state index in [0.29, 0.717) is 6.42 Å². The Bertz CT molecular complexity index is 1130. The highest BCUT2D eigenvalue weighted by Gasteiger charge is 2.37. The summed E-state index contributed by atoms with van der Waals surface area (Å²) in [5, 5.41) is 11.1. The molecule has 1 unspecified atom stereocenters. The van der Waals surface area contributed by atoms with Crippen molar-refractivity contribution in [2.75, 3.05) is 6.54 Å². The van der Waals surface area contributed by atoms with E-state index in [1.54, 1.807) is 24.5 Å². The highest BCUT2D eigenvalue weighted by molar-refractivity contribution is 7.89. The van der Waals surface area contributed by atoms with Crippen LogP contribution < -0.4 is 0 Å². The fraction of sp³-hybridized carbons (Fsp3) is 0.150. The Morgan fingerprint density at radius 2 is 1.79 bits per heavy atom. The Morgan fingerprint density at radius 1 is 1.04 bits per heavy atom. The number of nitro benzene ring substituents is 1. The number of hydrogen-bond donors (Lipinski definition) is 0. The van der Waals surface area contributed by atoms with Crippen LogP contribution in [0.25, 0.3) is 0 Å². The first-order chi connectivity index (χ1) is 13.5. The van der Waals surface area contributed by atoms with Gasteiger partial charge in [-0.2, -0.15) is 4.31 Å². The third-order valence-corrected chi connectivity index (χ3v) is 6.76. The molecular formula is C20H17N3O4S. The molecule has 1 aromatic heterocycles. The van der Waals surface area contributed by atoms with Crippen LogP contribution in [-0.2, 0) is 16.4 Å². The van der Waals surface area contributed by atoms with Gasteiger partial charge >= 0.3 is 0 Å². The second kappa shape index (κ2) is 7.14. The van der Waals surface area contributed by atoms with Crippen molar-refractivity contribution in [1.29, 1.82) is 0 Å². The molecule has 4 rings (SSSR count). The van der Waals surface area contributed by atoms with Crippen molar-refractivity contribution < 1.29 is 13.3 Å². The maximum atomic E-state index is 13.4. The maximum Gasteiger partial charge on any atom is 0.270 e. The third-order valence-electron chi connectivity index (χ3n) is 4.90. The Balaban J connectivity index is 1.86. The zero-order valence-corrected chi connectivity index (χ0v) is 15.6. The first-order valence-corrected chi connectivity index (χ1v) is 10.2. The SMILES string of the molecule is O=[N+]([O-])c1cccc(S(=O)(=O)N2CCc3ccccc3C2c2ccncc2)c1. The van der Waals surface area contributed by atoms with E-state index in [0.717, 1.165) is 22.8 Å². The zero-order chi connectivity index (χ0) is 19.7. The Morgan fingerprint density at radius 3 is 2.54 bits per heavy atom. The van der Waals surface area contributed by atoms with E-state index in [-0.39, 0.29) is 17.1 Å². The number of nitro groups is 1. The molecule has 0 saturated heterocycles. The van der Waals surface area contributed by atoms with E-state index < -0.39 is 21.0 Å². The van der Waals surface area contributed by atoms with Crippen LogP contribution in [0.15, 0.2) is 78.0 Å². The molecule has 0 saturated carbocycles. The van der Waals surface area contributed by atoms with E-state index in [9.17, 15) is 18.5 Å². The molecule has 8 heteroatoms. The smallest absolute Gasteiger partial charge is 0.265 e. The summed E-state index contributed by atoms with van der Waals surface area (Å²) in [5.41, 5.74) is 2.55. The van der Waals surface area contributed by atoms with Crippen molar-refractivity contribution in [1.82, 2.24) is 9.29 Å². The first kappa shape index (κ1) is 18.3. The summed E-state index contributed by atoms with van der Waals surface area (Å²) in [4.78, 5) is 14.5. The number of rotatable bonds is 4. The topological polar surface area (TPSA) is 93.4 Å². The van der Waals surface area contributed by atoms with Gasteiger partial charge in [0.2, 0.25) is 10.0 Å². The average molecular weight is 395 g/mol. The molecule has 28 heavy (non-hydrogen) atoms. The third kappa shape index (κ3) is 3.17. The summed E-state index contributed by atoms with van der Waals surface area (Å²) >= 11 is 0. The van der Waals surface area contributed by atoms with Gasteiger partial charge in [-0.1, -0.05) is 30.3 Å². The van der Waals surface area contributed by atoms with Crippen molar-refractivity contribution in [3.63, 3.8) is 0 Å². The van der Waals surface area contributed by atoms with Crippen molar-refractivity contribution in [2.45, 2.75) is 17.4 Å². The molecule has 0 fully saturated rings. The van der Waals surface area contributed by atoms with Crippen LogP contribution in [0.2, 0.25) is 0 Å². The van der Waals surface area contributed by atoms with Gasteiger partial charge in [-0.3, -0.25) is 15.1 Å². The predicted octanol–water partition coefficient (Wildman–Crippen LogP) is 3.33.